The molecule has 1 heterocycles. The van der Waals surface area contributed by atoms with Crippen LogP contribution in [0.5, 0.6) is 0 Å². The molecule has 0 amide bonds. The predicted octanol–water partition coefficient (Wildman–Crippen LogP) is -0.913. The Morgan fingerprint density at radius 3 is 2.78 bits per heavy atom. The Kier molecular flexibility index (Phi) is 4.78. The average Bonchev–Trinajstić information content (AvgIpc) is 2.30. The highest BCUT2D eigenvalue weighted by molar-refractivity contribution is 5.72. The third kappa shape index (κ3) is 3.81. The van der Waals surface area contributed by atoms with Gasteiger partial charge in [-0.05, 0) is 26.2 Å². The molecule has 8 nitrogen and oxygen atoms in total. The van der Waals surface area contributed by atoms with E-state index in [-0.39, 0.29) is 0 Å². The van der Waals surface area contributed by atoms with Gasteiger partial charge in [0.15, 0.2) is 0 Å². The number of rotatable bonds is 6. The quantitative estimate of drug-likeness (QED) is 0.498. The molecule has 0 spiro atoms. The standard InChI is InChI=1S/C10H15N3O5/c1-6-12-8(14)10(17)18-13(6)5-3-2-4-7(11)9(15)16/h7H,2-5,11H2,1H3,(H,15,16). The molecule has 0 saturated carbocycles. The molecule has 1 rings (SSSR count). The summed E-state index contributed by atoms with van der Waals surface area (Å²) in [6.07, 6.45) is 1.49. The lowest BCUT2D eigenvalue weighted by molar-refractivity contribution is -0.138. The lowest BCUT2D eigenvalue weighted by Crippen LogP contribution is -2.31. The first-order valence-corrected chi connectivity index (χ1v) is 5.49. The van der Waals surface area contributed by atoms with Crippen molar-refractivity contribution in [1.82, 2.24) is 9.72 Å². The fourth-order valence-electron chi connectivity index (χ4n) is 1.40. The molecule has 0 radical (unpaired) electrons. The maximum atomic E-state index is 11.0. The smallest absolute Gasteiger partial charge is 0.423 e. The molecule has 0 aliphatic carbocycles. The largest absolute Gasteiger partial charge is 0.480 e. The van der Waals surface area contributed by atoms with Crippen LogP contribution in [0.15, 0.2) is 14.1 Å². The van der Waals surface area contributed by atoms with E-state index in [4.69, 9.17) is 15.4 Å². The van der Waals surface area contributed by atoms with Crippen LogP contribution in [0.3, 0.4) is 0 Å². The molecule has 0 aliphatic heterocycles. The molecule has 1 atom stereocenters. The number of carbonyl (C=O) groups is 1. The maximum Gasteiger partial charge on any atom is 0.423 e. The van der Waals surface area contributed by atoms with E-state index in [0.29, 0.717) is 31.6 Å². The average molecular weight is 257 g/mol. The van der Waals surface area contributed by atoms with Crippen LogP contribution in [0.25, 0.3) is 0 Å². The highest BCUT2D eigenvalue weighted by Crippen LogP contribution is 2.02. The van der Waals surface area contributed by atoms with Crippen molar-refractivity contribution in [2.45, 2.75) is 38.8 Å². The molecule has 3 N–H and O–H groups in total. The van der Waals surface area contributed by atoms with E-state index in [2.05, 4.69) is 4.98 Å². The number of carboxylic acids is 1. The van der Waals surface area contributed by atoms with Crippen LogP contribution in [-0.2, 0) is 11.3 Å². The molecule has 1 unspecified atom stereocenters. The van der Waals surface area contributed by atoms with Crippen molar-refractivity contribution < 1.29 is 14.4 Å². The van der Waals surface area contributed by atoms with Crippen molar-refractivity contribution in [2.24, 2.45) is 5.73 Å². The molecule has 18 heavy (non-hydrogen) atoms. The Morgan fingerprint density at radius 2 is 2.17 bits per heavy atom. The Balaban J connectivity index is 2.50. The molecule has 1 aromatic rings. The van der Waals surface area contributed by atoms with E-state index in [1.54, 1.807) is 6.92 Å². The van der Waals surface area contributed by atoms with E-state index in [9.17, 15) is 14.4 Å². The zero-order chi connectivity index (χ0) is 13.7. The summed E-state index contributed by atoms with van der Waals surface area (Å²) in [5.41, 5.74) is 3.41. The SMILES string of the molecule is Cc1nc(=O)c(=O)on1CCCCC(N)C(=O)O. The van der Waals surface area contributed by atoms with E-state index >= 15 is 0 Å². The number of aryl methyl sites for hydroxylation is 2. The number of unbranched alkanes of at least 4 members (excludes halogenated alkanes) is 1. The number of aliphatic carboxylic acids is 1. The number of hydrogen-bond donors (Lipinski definition) is 2. The van der Waals surface area contributed by atoms with Crippen LogP contribution in [0.1, 0.15) is 25.1 Å². The fourth-order valence-corrected chi connectivity index (χ4v) is 1.40. The molecule has 0 bridgehead atoms. The normalized spacial score (nSPS) is 12.3. The summed E-state index contributed by atoms with van der Waals surface area (Å²) < 4.78 is 5.95. The van der Waals surface area contributed by atoms with Gasteiger partial charge in [-0.1, -0.05) is 0 Å². The van der Waals surface area contributed by atoms with Gasteiger partial charge in [-0.25, -0.2) is 4.79 Å². The lowest BCUT2D eigenvalue weighted by Gasteiger charge is -2.08. The third-order valence-electron chi connectivity index (χ3n) is 2.44. The van der Waals surface area contributed by atoms with Crippen LogP contribution in [0, 0.1) is 6.92 Å². The van der Waals surface area contributed by atoms with Gasteiger partial charge in [0.2, 0.25) is 0 Å². The second kappa shape index (κ2) is 6.10. The molecule has 0 aliphatic rings. The zero-order valence-corrected chi connectivity index (χ0v) is 9.96. The van der Waals surface area contributed by atoms with Gasteiger partial charge >= 0.3 is 17.2 Å². The minimum atomic E-state index is -1.04. The number of carboxylic acid groups (broad SMARTS) is 1. The van der Waals surface area contributed by atoms with Gasteiger partial charge in [0.25, 0.3) is 0 Å². The summed E-state index contributed by atoms with van der Waals surface area (Å²) >= 11 is 0. The maximum absolute atomic E-state index is 11.0. The summed E-state index contributed by atoms with van der Waals surface area (Å²) in [4.78, 5) is 35.8. The molecular weight excluding hydrogens is 242 g/mol. The highest BCUT2D eigenvalue weighted by atomic mass is 16.5. The van der Waals surface area contributed by atoms with Crippen molar-refractivity contribution in [1.29, 1.82) is 0 Å². The topological polar surface area (TPSA) is 128 Å². The van der Waals surface area contributed by atoms with E-state index in [1.807, 2.05) is 0 Å². The highest BCUT2D eigenvalue weighted by Gasteiger charge is 2.10. The van der Waals surface area contributed by atoms with Gasteiger partial charge < -0.3 is 15.4 Å². The number of aromatic nitrogens is 2. The summed E-state index contributed by atoms with van der Waals surface area (Å²) in [5.74, 6) is -0.732. The Morgan fingerprint density at radius 1 is 1.50 bits per heavy atom. The van der Waals surface area contributed by atoms with E-state index < -0.39 is 23.2 Å². The van der Waals surface area contributed by atoms with E-state index in [0.717, 1.165) is 0 Å². The van der Waals surface area contributed by atoms with Crippen molar-refractivity contribution in [2.75, 3.05) is 0 Å². The minimum absolute atomic E-state index is 0.308. The predicted molar refractivity (Wildman–Crippen MR) is 61.2 cm³/mol. The molecule has 8 heteroatoms. The lowest BCUT2D eigenvalue weighted by atomic mass is 10.1. The second-order valence-corrected chi connectivity index (χ2v) is 3.89. The van der Waals surface area contributed by atoms with Gasteiger partial charge in [0, 0.05) is 0 Å². The number of nitrogens with zero attached hydrogens (tertiary/aromatic N) is 2. The molecular formula is C10H15N3O5. The fraction of sp³-hybridized carbons (Fsp3) is 0.600. The van der Waals surface area contributed by atoms with Crippen LogP contribution in [0.4, 0.5) is 0 Å². The van der Waals surface area contributed by atoms with Crippen LogP contribution >= 0.6 is 0 Å². The molecule has 100 valence electrons. The van der Waals surface area contributed by atoms with Gasteiger partial charge in [0.05, 0.1) is 6.54 Å². The summed E-state index contributed by atoms with van der Waals surface area (Å²) in [5, 5.41) is 8.57. The first kappa shape index (κ1) is 14.1. The summed E-state index contributed by atoms with van der Waals surface area (Å²) in [6, 6.07) is -0.884. The number of nitrogens with two attached hydrogens (primary N) is 1. The van der Waals surface area contributed by atoms with Gasteiger partial charge in [0.1, 0.15) is 11.9 Å². The first-order valence-electron chi connectivity index (χ1n) is 5.49. The van der Waals surface area contributed by atoms with Crippen molar-refractivity contribution in [3.8, 4) is 0 Å². The molecule has 1 aromatic heterocycles. The Labute approximate surface area is 102 Å². The first-order chi connectivity index (χ1) is 8.41. The number of hydrogen-bond acceptors (Lipinski definition) is 6. The van der Waals surface area contributed by atoms with Crippen molar-refractivity contribution >= 4 is 5.97 Å². The molecule has 0 fully saturated rings. The summed E-state index contributed by atoms with van der Waals surface area (Å²) in [7, 11) is 0. The van der Waals surface area contributed by atoms with Crippen molar-refractivity contribution in [3.05, 3.63) is 26.6 Å². The Bertz CT molecular complexity index is 533. The van der Waals surface area contributed by atoms with E-state index in [1.165, 1.54) is 4.74 Å². The summed E-state index contributed by atoms with van der Waals surface area (Å²) in [6.45, 7) is 1.90. The minimum Gasteiger partial charge on any atom is -0.480 e. The van der Waals surface area contributed by atoms with Gasteiger partial charge in [-0.15, -0.1) is 0 Å². The third-order valence-corrected chi connectivity index (χ3v) is 2.44. The van der Waals surface area contributed by atoms with Gasteiger partial charge in [-0.2, -0.15) is 9.72 Å². The molecule has 0 saturated heterocycles. The monoisotopic (exact) mass is 257 g/mol. The van der Waals surface area contributed by atoms with Crippen LogP contribution in [-0.4, -0.2) is 26.8 Å². The van der Waals surface area contributed by atoms with Crippen LogP contribution < -0.4 is 16.9 Å². The zero-order valence-electron chi connectivity index (χ0n) is 9.96. The van der Waals surface area contributed by atoms with Crippen molar-refractivity contribution in [3.63, 3.8) is 0 Å². The second-order valence-electron chi connectivity index (χ2n) is 3.89. The van der Waals surface area contributed by atoms with Crippen LogP contribution in [0.2, 0.25) is 0 Å². The Hall–Kier alpha value is -1.96. The molecule has 0 aromatic carbocycles. The van der Waals surface area contributed by atoms with Gasteiger partial charge in [-0.3, -0.25) is 9.59 Å².